The molecule has 0 bridgehead atoms. The highest BCUT2D eigenvalue weighted by Gasteiger charge is 2.44. The summed E-state index contributed by atoms with van der Waals surface area (Å²) in [4.78, 5) is 37.1. The zero-order valence-electron chi connectivity index (χ0n) is 10.8. The first-order chi connectivity index (χ1) is 9.90. The largest absolute Gasteiger partial charge is 0.329 e. The Balaban J connectivity index is 2.00. The molecule has 3 rings (SSSR count). The van der Waals surface area contributed by atoms with Gasteiger partial charge in [0.25, 0.3) is 11.8 Å². The van der Waals surface area contributed by atoms with Crippen molar-refractivity contribution >= 4 is 17.7 Å². The fourth-order valence-electron chi connectivity index (χ4n) is 2.54. The summed E-state index contributed by atoms with van der Waals surface area (Å²) in [6, 6.07) is 0.379. The molecule has 0 aliphatic carbocycles. The van der Waals surface area contributed by atoms with Crippen molar-refractivity contribution in [1.82, 2.24) is 10.2 Å². The van der Waals surface area contributed by atoms with E-state index < -0.39 is 35.4 Å². The van der Waals surface area contributed by atoms with Gasteiger partial charge in [-0.15, -0.1) is 0 Å². The Morgan fingerprint density at radius 1 is 1.10 bits per heavy atom. The lowest BCUT2D eigenvalue weighted by Gasteiger charge is -2.29. The SMILES string of the molecule is C=C1CCC(N2C(=O)c3cc(F)c(F)cc3C2=O)C(=O)N1. The highest BCUT2D eigenvalue weighted by atomic mass is 19.2. The minimum Gasteiger partial charge on any atom is -0.329 e. The van der Waals surface area contributed by atoms with Crippen LogP contribution in [-0.4, -0.2) is 28.7 Å². The summed E-state index contributed by atoms with van der Waals surface area (Å²) in [6.45, 7) is 3.61. The molecule has 0 aromatic heterocycles. The molecular formula is C14H10F2N2O3. The second-order valence-electron chi connectivity index (χ2n) is 4.94. The number of amides is 3. The third-order valence-corrected chi connectivity index (χ3v) is 3.59. The molecule has 5 nitrogen and oxygen atoms in total. The second kappa shape index (κ2) is 4.47. The van der Waals surface area contributed by atoms with Crippen molar-refractivity contribution in [3.63, 3.8) is 0 Å². The monoisotopic (exact) mass is 292 g/mol. The van der Waals surface area contributed by atoms with Crippen LogP contribution in [0.25, 0.3) is 0 Å². The molecule has 1 N–H and O–H groups in total. The molecule has 0 spiro atoms. The number of fused-ring (bicyclic) bond motifs is 1. The van der Waals surface area contributed by atoms with Crippen LogP contribution < -0.4 is 5.32 Å². The number of nitrogens with zero attached hydrogens (tertiary/aromatic N) is 1. The van der Waals surface area contributed by atoms with Crippen LogP contribution >= 0.6 is 0 Å². The van der Waals surface area contributed by atoms with Gasteiger partial charge in [0.2, 0.25) is 5.91 Å². The van der Waals surface area contributed by atoms with Crippen molar-refractivity contribution in [2.75, 3.05) is 0 Å². The first kappa shape index (κ1) is 13.4. The second-order valence-corrected chi connectivity index (χ2v) is 4.94. The number of piperidine rings is 1. The van der Waals surface area contributed by atoms with Crippen molar-refractivity contribution in [2.45, 2.75) is 18.9 Å². The van der Waals surface area contributed by atoms with Gasteiger partial charge in [-0.1, -0.05) is 6.58 Å². The van der Waals surface area contributed by atoms with Crippen molar-refractivity contribution in [3.8, 4) is 0 Å². The molecule has 108 valence electrons. The minimum absolute atomic E-state index is 0.226. The number of benzene rings is 1. The number of halogens is 2. The molecule has 2 aliphatic heterocycles. The van der Waals surface area contributed by atoms with Gasteiger partial charge in [0.1, 0.15) is 6.04 Å². The Labute approximate surface area is 118 Å². The van der Waals surface area contributed by atoms with Crippen molar-refractivity contribution in [2.24, 2.45) is 0 Å². The van der Waals surface area contributed by atoms with E-state index in [1.54, 1.807) is 0 Å². The molecule has 1 aromatic rings. The number of hydrogen-bond donors (Lipinski definition) is 1. The lowest BCUT2D eigenvalue weighted by Crippen LogP contribution is -2.51. The number of allylic oxidation sites excluding steroid dienone is 1. The number of carbonyl (C=O) groups is 3. The summed E-state index contributed by atoms with van der Waals surface area (Å²) >= 11 is 0. The Hall–Kier alpha value is -2.57. The van der Waals surface area contributed by atoms with E-state index in [-0.39, 0.29) is 17.5 Å². The Morgan fingerprint density at radius 3 is 2.10 bits per heavy atom. The minimum atomic E-state index is -1.21. The van der Waals surface area contributed by atoms with Gasteiger partial charge < -0.3 is 5.32 Å². The lowest BCUT2D eigenvalue weighted by molar-refractivity contribution is -0.125. The predicted molar refractivity (Wildman–Crippen MR) is 67.2 cm³/mol. The zero-order valence-corrected chi connectivity index (χ0v) is 10.8. The van der Waals surface area contributed by atoms with Crippen LogP contribution in [0, 0.1) is 11.6 Å². The standard InChI is InChI=1S/C14H10F2N2O3/c1-6-2-3-11(12(19)17-6)18-13(20)7-4-9(15)10(16)5-8(7)14(18)21/h4-5,11H,1-3H2,(H,17,19). The Kier molecular flexibility index (Phi) is 2.86. The van der Waals surface area contributed by atoms with E-state index in [1.807, 2.05) is 0 Å². The first-order valence-electron chi connectivity index (χ1n) is 6.25. The van der Waals surface area contributed by atoms with Gasteiger partial charge in [-0.05, 0) is 25.0 Å². The molecule has 2 aliphatic rings. The van der Waals surface area contributed by atoms with Crippen LogP contribution in [0.3, 0.4) is 0 Å². The molecule has 1 saturated heterocycles. The van der Waals surface area contributed by atoms with Crippen LogP contribution in [0.2, 0.25) is 0 Å². The molecule has 3 amide bonds. The van der Waals surface area contributed by atoms with Gasteiger partial charge in [0.05, 0.1) is 11.1 Å². The molecule has 1 unspecified atom stereocenters. The van der Waals surface area contributed by atoms with E-state index in [1.165, 1.54) is 0 Å². The van der Waals surface area contributed by atoms with E-state index >= 15 is 0 Å². The lowest BCUT2D eigenvalue weighted by atomic mass is 10.0. The van der Waals surface area contributed by atoms with Crippen LogP contribution in [0.4, 0.5) is 8.78 Å². The summed E-state index contributed by atoms with van der Waals surface area (Å²) in [5.41, 5.74) is 0.0529. The van der Waals surface area contributed by atoms with Crippen molar-refractivity contribution in [1.29, 1.82) is 0 Å². The van der Waals surface area contributed by atoms with E-state index in [9.17, 15) is 23.2 Å². The predicted octanol–water partition coefficient (Wildman–Crippen LogP) is 1.35. The zero-order chi connectivity index (χ0) is 15.3. The Morgan fingerprint density at radius 2 is 1.62 bits per heavy atom. The highest BCUT2D eigenvalue weighted by molar-refractivity contribution is 6.23. The van der Waals surface area contributed by atoms with Gasteiger partial charge in [-0.2, -0.15) is 0 Å². The molecule has 2 heterocycles. The van der Waals surface area contributed by atoms with Crippen LogP contribution in [0.5, 0.6) is 0 Å². The summed E-state index contributed by atoms with van der Waals surface area (Å²) in [5.74, 6) is -4.53. The molecular weight excluding hydrogens is 282 g/mol. The van der Waals surface area contributed by atoms with E-state index in [0.29, 0.717) is 24.3 Å². The maximum absolute atomic E-state index is 13.2. The molecule has 21 heavy (non-hydrogen) atoms. The quantitative estimate of drug-likeness (QED) is 0.795. The first-order valence-corrected chi connectivity index (χ1v) is 6.25. The number of carbonyl (C=O) groups excluding carboxylic acids is 3. The average molecular weight is 292 g/mol. The Bertz CT molecular complexity index is 673. The molecule has 0 radical (unpaired) electrons. The molecule has 0 saturated carbocycles. The molecule has 7 heteroatoms. The molecule has 1 aromatic carbocycles. The average Bonchev–Trinajstić information content (AvgIpc) is 2.64. The molecule has 1 fully saturated rings. The summed E-state index contributed by atoms with van der Waals surface area (Å²) in [6.07, 6.45) is 0.660. The van der Waals surface area contributed by atoms with E-state index in [2.05, 4.69) is 11.9 Å². The maximum Gasteiger partial charge on any atom is 0.262 e. The van der Waals surface area contributed by atoms with Crippen LogP contribution in [0.1, 0.15) is 33.6 Å². The van der Waals surface area contributed by atoms with Gasteiger partial charge in [-0.3, -0.25) is 19.3 Å². The normalized spacial score (nSPS) is 21.6. The summed E-state index contributed by atoms with van der Waals surface area (Å²) in [5, 5.41) is 2.47. The van der Waals surface area contributed by atoms with Gasteiger partial charge >= 0.3 is 0 Å². The summed E-state index contributed by atoms with van der Waals surface area (Å²) in [7, 11) is 0. The maximum atomic E-state index is 13.2. The van der Waals surface area contributed by atoms with Crippen LogP contribution in [0.15, 0.2) is 24.4 Å². The van der Waals surface area contributed by atoms with E-state index in [4.69, 9.17) is 0 Å². The number of nitrogens with one attached hydrogen (secondary N) is 1. The topological polar surface area (TPSA) is 66.5 Å². The molecule has 1 atom stereocenters. The van der Waals surface area contributed by atoms with E-state index in [0.717, 1.165) is 4.90 Å². The highest BCUT2D eigenvalue weighted by Crippen LogP contribution is 2.29. The number of hydrogen-bond acceptors (Lipinski definition) is 3. The van der Waals surface area contributed by atoms with Crippen molar-refractivity contribution < 1.29 is 23.2 Å². The number of rotatable bonds is 1. The van der Waals surface area contributed by atoms with Gasteiger partial charge in [-0.25, -0.2) is 8.78 Å². The fraction of sp³-hybridized carbons (Fsp3) is 0.214. The van der Waals surface area contributed by atoms with Gasteiger partial charge in [0, 0.05) is 5.70 Å². The fourth-order valence-corrected chi connectivity index (χ4v) is 2.54. The third-order valence-electron chi connectivity index (χ3n) is 3.59. The smallest absolute Gasteiger partial charge is 0.262 e. The number of imide groups is 1. The summed E-state index contributed by atoms with van der Waals surface area (Å²) < 4.78 is 26.4. The van der Waals surface area contributed by atoms with Gasteiger partial charge in [0.15, 0.2) is 11.6 Å². The van der Waals surface area contributed by atoms with Crippen LogP contribution in [-0.2, 0) is 4.79 Å². The third kappa shape index (κ3) is 1.93. The van der Waals surface area contributed by atoms with Crippen molar-refractivity contribution in [3.05, 3.63) is 47.2 Å².